The monoisotopic (exact) mass is 281 g/mol. The second-order valence-corrected chi connectivity index (χ2v) is 5.91. The van der Waals surface area contributed by atoms with Crippen LogP contribution in [0.1, 0.15) is 42.9 Å². The molecule has 1 unspecified atom stereocenters. The van der Waals surface area contributed by atoms with E-state index in [1.54, 1.807) is 7.11 Å². The number of hydrogen-bond acceptors (Lipinski definition) is 2. The van der Waals surface area contributed by atoms with E-state index in [4.69, 9.17) is 4.74 Å². The maximum atomic E-state index is 5.45. The first kappa shape index (κ1) is 14.2. The zero-order valence-electron chi connectivity index (χ0n) is 12.8. The number of benzene rings is 2. The fourth-order valence-corrected chi connectivity index (χ4v) is 3.22. The minimum atomic E-state index is 0.322. The minimum Gasteiger partial charge on any atom is -0.496 e. The number of methoxy groups -OCH3 is 1. The van der Waals surface area contributed by atoms with Crippen LogP contribution < -0.4 is 10.1 Å². The van der Waals surface area contributed by atoms with Gasteiger partial charge in [0.15, 0.2) is 0 Å². The van der Waals surface area contributed by atoms with E-state index in [1.165, 1.54) is 24.0 Å². The van der Waals surface area contributed by atoms with E-state index in [0.717, 1.165) is 5.75 Å². The Morgan fingerprint density at radius 2 is 1.67 bits per heavy atom. The average molecular weight is 281 g/mol. The molecule has 1 aliphatic carbocycles. The summed E-state index contributed by atoms with van der Waals surface area (Å²) in [6.07, 6.45) is 2.45. The molecule has 0 amide bonds. The van der Waals surface area contributed by atoms with Crippen LogP contribution in [0.3, 0.4) is 0 Å². The Labute approximate surface area is 127 Å². The van der Waals surface area contributed by atoms with Crippen LogP contribution >= 0.6 is 0 Å². The Balaban J connectivity index is 1.57. The van der Waals surface area contributed by atoms with E-state index in [2.05, 4.69) is 54.7 Å². The lowest BCUT2D eigenvalue weighted by Crippen LogP contribution is -2.41. The van der Waals surface area contributed by atoms with Crippen molar-refractivity contribution in [3.63, 3.8) is 0 Å². The predicted octanol–water partition coefficient (Wildman–Crippen LogP) is 4.29. The van der Waals surface area contributed by atoms with Crippen molar-refractivity contribution in [1.29, 1.82) is 0 Å². The summed E-state index contributed by atoms with van der Waals surface area (Å²) < 4.78 is 5.45. The summed E-state index contributed by atoms with van der Waals surface area (Å²) in [6, 6.07) is 20.0. The molecule has 2 nitrogen and oxygen atoms in total. The Morgan fingerprint density at radius 3 is 2.38 bits per heavy atom. The number of para-hydroxylation sites is 1. The molecule has 0 radical (unpaired) electrons. The van der Waals surface area contributed by atoms with Crippen molar-refractivity contribution >= 4 is 0 Å². The first-order valence-electron chi connectivity index (χ1n) is 7.72. The van der Waals surface area contributed by atoms with Crippen LogP contribution in [0.15, 0.2) is 54.6 Å². The summed E-state index contributed by atoms with van der Waals surface area (Å²) >= 11 is 0. The molecule has 2 aromatic rings. The van der Waals surface area contributed by atoms with Gasteiger partial charge >= 0.3 is 0 Å². The van der Waals surface area contributed by atoms with Gasteiger partial charge < -0.3 is 10.1 Å². The van der Waals surface area contributed by atoms with Gasteiger partial charge in [0.05, 0.1) is 7.11 Å². The van der Waals surface area contributed by atoms with Gasteiger partial charge in [-0.05, 0) is 37.3 Å². The van der Waals surface area contributed by atoms with Crippen molar-refractivity contribution in [2.75, 3.05) is 7.11 Å². The second-order valence-electron chi connectivity index (χ2n) is 5.91. The third kappa shape index (κ3) is 3.11. The van der Waals surface area contributed by atoms with Gasteiger partial charge in [-0.3, -0.25) is 0 Å². The molecule has 0 heterocycles. The van der Waals surface area contributed by atoms with Gasteiger partial charge in [0.2, 0.25) is 0 Å². The zero-order chi connectivity index (χ0) is 14.7. The average Bonchev–Trinajstić information content (AvgIpc) is 2.51. The van der Waals surface area contributed by atoms with Crippen molar-refractivity contribution < 1.29 is 4.74 Å². The largest absolute Gasteiger partial charge is 0.496 e. The van der Waals surface area contributed by atoms with Crippen LogP contribution in [-0.2, 0) is 0 Å². The number of ether oxygens (including phenoxy) is 1. The van der Waals surface area contributed by atoms with Gasteiger partial charge in [-0.1, -0.05) is 48.5 Å². The first-order chi connectivity index (χ1) is 10.3. The molecular formula is C19H23NO. The Morgan fingerprint density at radius 1 is 1.00 bits per heavy atom. The maximum absolute atomic E-state index is 5.45. The van der Waals surface area contributed by atoms with Gasteiger partial charge in [-0.15, -0.1) is 0 Å². The number of nitrogens with one attached hydrogen (secondary N) is 1. The normalized spacial score (nSPS) is 22.4. The minimum absolute atomic E-state index is 0.322. The van der Waals surface area contributed by atoms with E-state index in [-0.39, 0.29) is 0 Å². The zero-order valence-corrected chi connectivity index (χ0v) is 12.8. The van der Waals surface area contributed by atoms with Crippen LogP contribution in [0.4, 0.5) is 0 Å². The summed E-state index contributed by atoms with van der Waals surface area (Å²) in [5.41, 5.74) is 2.71. The molecule has 110 valence electrons. The molecule has 3 rings (SSSR count). The van der Waals surface area contributed by atoms with Crippen LogP contribution in [-0.4, -0.2) is 13.2 Å². The summed E-state index contributed by atoms with van der Waals surface area (Å²) in [4.78, 5) is 0. The second kappa shape index (κ2) is 6.31. The van der Waals surface area contributed by atoms with Crippen molar-refractivity contribution in [2.24, 2.45) is 0 Å². The Kier molecular flexibility index (Phi) is 4.26. The van der Waals surface area contributed by atoms with E-state index >= 15 is 0 Å². The summed E-state index contributed by atoms with van der Waals surface area (Å²) in [5, 5.41) is 3.73. The van der Waals surface area contributed by atoms with Gasteiger partial charge in [0.25, 0.3) is 0 Å². The smallest absolute Gasteiger partial charge is 0.123 e. The molecule has 0 saturated heterocycles. The molecule has 21 heavy (non-hydrogen) atoms. The van der Waals surface area contributed by atoms with Crippen LogP contribution in [0.5, 0.6) is 5.75 Å². The van der Waals surface area contributed by atoms with Crippen molar-refractivity contribution in [1.82, 2.24) is 5.32 Å². The molecule has 1 N–H and O–H groups in total. The highest BCUT2D eigenvalue weighted by atomic mass is 16.5. The number of hydrogen-bond donors (Lipinski definition) is 1. The third-order valence-electron chi connectivity index (χ3n) is 4.50. The molecule has 0 spiro atoms. The lowest BCUT2D eigenvalue weighted by molar-refractivity contribution is 0.268. The fraction of sp³-hybridized carbons (Fsp3) is 0.368. The first-order valence-corrected chi connectivity index (χ1v) is 7.72. The SMILES string of the molecule is COc1ccccc1C(C)NC1CC(c2ccccc2)C1. The molecule has 0 aromatic heterocycles. The van der Waals surface area contributed by atoms with Gasteiger partial charge in [-0.2, -0.15) is 0 Å². The Hall–Kier alpha value is -1.80. The van der Waals surface area contributed by atoms with Gasteiger partial charge in [0, 0.05) is 17.6 Å². The van der Waals surface area contributed by atoms with E-state index < -0.39 is 0 Å². The highest BCUT2D eigenvalue weighted by Crippen LogP contribution is 2.38. The van der Waals surface area contributed by atoms with Crippen molar-refractivity contribution in [3.8, 4) is 5.75 Å². The molecule has 1 aliphatic rings. The van der Waals surface area contributed by atoms with Crippen LogP contribution in [0, 0.1) is 0 Å². The molecule has 1 fully saturated rings. The third-order valence-corrected chi connectivity index (χ3v) is 4.50. The molecule has 0 aliphatic heterocycles. The summed E-state index contributed by atoms with van der Waals surface area (Å²) in [5.74, 6) is 1.69. The van der Waals surface area contributed by atoms with Crippen LogP contribution in [0.2, 0.25) is 0 Å². The number of rotatable bonds is 5. The summed E-state index contributed by atoms with van der Waals surface area (Å²) in [6.45, 7) is 2.22. The molecular weight excluding hydrogens is 258 g/mol. The topological polar surface area (TPSA) is 21.3 Å². The van der Waals surface area contributed by atoms with Crippen molar-refractivity contribution in [3.05, 3.63) is 65.7 Å². The highest BCUT2D eigenvalue weighted by Gasteiger charge is 2.31. The van der Waals surface area contributed by atoms with Gasteiger partial charge in [0.1, 0.15) is 5.75 Å². The summed E-state index contributed by atoms with van der Waals surface area (Å²) in [7, 11) is 1.74. The molecule has 0 bridgehead atoms. The standard InChI is InChI=1S/C19H23NO/c1-14(18-10-6-7-11-19(18)21-2)20-17-12-16(13-17)15-8-4-3-5-9-15/h3-11,14,16-17,20H,12-13H2,1-2H3. The van der Waals surface area contributed by atoms with E-state index in [9.17, 15) is 0 Å². The van der Waals surface area contributed by atoms with Gasteiger partial charge in [-0.25, -0.2) is 0 Å². The predicted molar refractivity (Wildman–Crippen MR) is 86.7 cm³/mol. The molecule has 1 atom stereocenters. The Bertz CT molecular complexity index is 575. The molecule has 1 saturated carbocycles. The molecule has 2 aromatic carbocycles. The maximum Gasteiger partial charge on any atom is 0.123 e. The lowest BCUT2D eigenvalue weighted by Gasteiger charge is -2.38. The van der Waals surface area contributed by atoms with E-state index in [0.29, 0.717) is 18.0 Å². The quantitative estimate of drug-likeness (QED) is 0.882. The van der Waals surface area contributed by atoms with Crippen LogP contribution in [0.25, 0.3) is 0 Å². The highest BCUT2D eigenvalue weighted by molar-refractivity contribution is 5.35. The van der Waals surface area contributed by atoms with Crippen molar-refractivity contribution in [2.45, 2.75) is 37.8 Å². The fourth-order valence-electron chi connectivity index (χ4n) is 3.22. The lowest BCUT2D eigenvalue weighted by atomic mass is 9.75. The molecule has 2 heteroatoms. The van der Waals surface area contributed by atoms with E-state index in [1.807, 2.05) is 12.1 Å².